The lowest BCUT2D eigenvalue weighted by Crippen LogP contribution is -2.30. The molecule has 4 heteroatoms. The molecular weight excluding hydrogens is 254 g/mol. The summed E-state index contributed by atoms with van der Waals surface area (Å²) in [6.45, 7) is 3.90. The number of thioether (sulfide) groups is 1. The highest BCUT2D eigenvalue weighted by atomic mass is 35.5. The van der Waals surface area contributed by atoms with Gasteiger partial charge in [-0.25, -0.2) is 0 Å². The van der Waals surface area contributed by atoms with E-state index in [0.29, 0.717) is 6.04 Å². The first kappa shape index (κ1) is 16.8. The van der Waals surface area contributed by atoms with Crippen molar-refractivity contribution in [2.45, 2.75) is 24.3 Å². The van der Waals surface area contributed by atoms with Crippen molar-refractivity contribution in [1.29, 1.82) is 0 Å². The summed E-state index contributed by atoms with van der Waals surface area (Å²) in [5, 5.41) is 3.43. The second kappa shape index (κ2) is 9.77. The first-order chi connectivity index (χ1) is 7.76. The van der Waals surface area contributed by atoms with Gasteiger partial charge in [0.2, 0.25) is 0 Å². The van der Waals surface area contributed by atoms with E-state index in [-0.39, 0.29) is 12.4 Å². The Morgan fingerprint density at radius 2 is 1.94 bits per heavy atom. The number of nitrogens with one attached hydrogen (secondary N) is 1. The first-order valence-corrected chi connectivity index (χ1v) is 6.84. The minimum atomic E-state index is 0. The summed E-state index contributed by atoms with van der Waals surface area (Å²) in [7, 11) is 1.73. The molecule has 0 spiro atoms. The normalized spacial score (nSPS) is 11.9. The monoisotopic (exact) mass is 275 g/mol. The maximum atomic E-state index is 5.01. The number of rotatable bonds is 7. The highest BCUT2D eigenvalue weighted by Crippen LogP contribution is 2.15. The van der Waals surface area contributed by atoms with E-state index in [9.17, 15) is 0 Å². The van der Waals surface area contributed by atoms with E-state index in [4.69, 9.17) is 4.74 Å². The number of methoxy groups -OCH3 is 1. The van der Waals surface area contributed by atoms with Gasteiger partial charge in [-0.15, -0.1) is 24.2 Å². The van der Waals surface area contributed by atoms with Crippen molar-refractivity contribution >= 4 is 24.2 Å². The minimum Gasteiger partial charge on any atom is -0.383 e. The van der Waals surface area contributed by atoms with Crippen LogP contribution in [0.4, 0.5) is 0 Å². The fraction of sp³-hybridized carbons (Fsp3) is 0.538. The van der Waals surface area contributed by atoms with Crippen molar-refractivity contribution in [3.8, 4) is 0 Å². The van der Waals surface area contributed by atoms with Crippen molar-refractivity contribution in [2.75, 3.05) is 26.5 Å². The van der Waals surface area contributed by atoms with E-state index < -0.39 is 0 Å². The highest BCUT2D eigenvalue weighted by Gasteiger charge is 2.02. The molecule has 0 heterocycles. The van der Waals surface area contributed by atoms with E-state index in [1.54, 1.807) is 18.9 Å². The molecule has 1 aromatic rings. The predicted molar refractivity (Wildman–Crippen MR) is 78.5 cm³/mol. The zero-order valence-electron chi connectivity index (χ0n) is 10.7. The lowest BCUT2D eigenvalue weighted by atomic mass is 10.1. The molecule has 17 heavy (non-hydrogen) atoms. The molecule has 0 bridgehead atoms. The third-order valence-electron chi connectivity index (χ3n) is 2.50. The quantitative estimate of drug-likeness (QED) is 0.611. The first-order valence-electron chi connectivity index (χ1n) is 5.61. The van der Waals surface area contributed by atoms with Gasteiger partial charge >= 0.3 is 0 Å². The Kier molecular flexibility index (Phi) is 9.65. The summed E-state index contributed by atoms with van der Waals surface area (Å²) >= 11 is 1.78. The van der Waals surface area contributed by atoms with Gasteiger partial charge in [0.05, 0.1) is 6.61 Å². The number of ether oxygens (including phenoxy) is 1. The average Bonchev–Trinajstić information content (AvgIpc) is 2.30. The molecule has 0 aliphatic heterocycles. The SMILES string of the molecule is COCCNC(C)Cc1ccc(SC)cc1.Cl. The van der Waals surface area contributed by atoms with Crippen molar-refractivity contribution in [2.24, 2.45) is 0 Å². The van der Waals surface area contributed by atoms with Crippen LogP contribution in [-0.2, 0) is 11.2 Å². The third-order valence-corrected chi connectivity index (χ3v) is 3.24. The number of hydrogen-bond acceptors (Lipinski definition) is 3. The molecule has 2 nitrogen and oxygen atoms in total. The van der Waals surface area contributed by atoms with Gasteiger partial charge in [-0.3, -0.25) is 0 Å². The molecule has 0 aliphatic carbocycles. The van der Waals surface area contributed by atoms with E-state index in [1.165, 1.54) is 10.5 Å². The van der Waals surface area contributed by atoms with Gasteiger partial charge < -0.3 is 10.1 Å². The summed E-state index contributed by atoms with van der Waals surface area (Å²) in [4.78, 5) is 1.32. The fourth-order valence-electron chi connectivity index (χ4n) is 1.59. The Morgan fingerprint density at radius 3 is 2.47 bits per heavy atom. The molecule has 1 aromatic carbocycles. The summed E-state index contributed by atoms with van der Waals surface area (Å²) in [6.07, 6.45) is 3.17. The molecule has 0 amide bonds. The zero-order chi connectivity index (χ0) is 11.8. The fourth-order valence-corrected chi connectivity index (χ4v) is 2.00. The lowest BCUT2D eigenvalue weighted by molar-refractivity contribution is 0.196. The van der Waals surface area contributed by atoms with Gasteiger partial charge in [-0.1, -0.05) is 12.1 Å². The maximum absolute atomic E-state index is 5.01. The predicted octanol–water partition coefficient (Wildman–Crippen LogP) is 3.00. The Labute approximate surface area is 115 Å². The van der Waals surface area contributed by atoms with Crippen LogP contribution in [0.1, 0.15) is 12.5 Å². The molecule has 1 N–H and O–H groups in total. The van der Waals surface area contributed by atoms with Gasteiger partial charge in [0.25, 0.3) is 0 Å². The molecule has 98 valence electrons. The number of halogens is 1. The third kappa shape index (κ3) is 6.94. The highest BCUT2D eigenvalue weighted by molar-refractivity contribution is 7.98. The Morgan fingerprint density at radius 1 is 1.29 bits per heavy atom. The van der Waals surface area contributed by atoms with E-state index >= 15 is 0 Å². The molecular formula is C13H22ClNOS. The summed E-state index contributed by atoms with van der Waals surface area (Å²) in [5.41, 5.74) is 1.38. The molecule has 0 fully saturated rings. The molecule has 0 saturated carbocycles. The topological polar surface area (TPSA) is 21.3 Å². The van der Waals surface area contributed by atoms with Gasteiger partial charge in [-0.05, 0) is 37.3 Å². The smallest absolute Gasteiger partial charge is 0.0587 e. The summed E-state index contributed by atoms with van der Waals surface area (Å²) < 4.78 is 5.01. The largest absolute Gasteiger partial charge is 0.383 e. The van der Waals surface area contributed by atoms with Gasteiger partial charge in [0, 0.05) is 24.6 Å². The van der Waals surface area contributed by atoms with E-state index in [1.807, 2.05) is 0 Å². The molecule has 0 radical (unpaired) electrons. The summed E-state index contributed by atoms with van der Waals surface area (Å²) in [5.74, 6) is 0. The summed E-state index contributed by atoms with van der Waals surface area (Å²) in [6, 6.07) is 9.28. The van der Waals surface area contributed by atoms with Crippen molar-refractivity contribution < 1.29 is 4.74 Å². The van der Waals surface area contributed by atoms with Crippen molar-refractivity contribution in [1.82, 2.24) is 5.32 Å². The van der Waals surface area contributed by atoms with Crippen LogP contribution < -0.4 is 5.32 Å². The standard InChI is InChI=1S/C13H21NOS.ClH/c1-11(14-8-9-15-2)10-12-4-6-13(16-3)7-5-12;/h4-7,11,14H,8-10H2,1-3H3;1H. The molecule has 0 aliphatic rings. The Hall–Kier alpha value is -0.220. The molecule has 1 unspecified atom stereocenters. The van der Waals surface area contributed by atoms with Crippen LogP contribution in [0.5, 0.6) is 0 Å². The van der Waals surface area contributed by atoms with Crippen LogP contribution in [0.2, 0.25) is 0 Å². The molecule has 1 rings (SSSR count). The number of benzene rings is 1. The zero-order valence-corrected chi connectivity index (χ0v) is 12.4. The van der Waals surface area contributed by atoms with Gasteiger partial charge in [-0.2, -0.15) is 0 Å². The van der Waals surface area contributed by atoms with Crippen LogP contribution in [0.3, 0.4) is 0 Å². The molecule has 0 aromatic heterocycles. The van der Waals surface area contributed by atoms with Crippen LogP contribution in [0.15, 0.2) is 29.2 Å². The van der Waals surface area contributed by atoms with E-state index in [2.05, 4.69) is 42.8 Å². The second-order valence-electron chi connectivity index (χ2n) is 3.90. The lowest BCUT2D eigenvalue weighted by Gasteiger charge is -2.13. The average molecular weight is 276 g/mol. The van der Waals surface area contributed by atoms with Crippen LogP contribution in [-0.4, -0.2) is 32.6 Å². The minimum absolute atomic E-state index is 0. The van der Waals surface area contributed by atoms with Gasteiger partial charge in [0.15, 0.2) is 0 Å². The molecule has 1 atom stereocenters. The van der Waals surface area contributed by atoms with Crippen molar-refractivity contribution in [3.05, 3.63) is 29.8 Å². The van der Waals surface area contributed by atoms with Crippen LogP contribution >= 0.6 is 24.2 Å². The number of hydrogen-bond donors (Lipinski definition) is 1. The van der Waals surface area contributed by atoms with E-state index in [0.717, 1.165) is 19.6 Å². The van der Waals surface area contributed by atoms with Crippen LogP contribution in [0.25, 0.3) is 0 Å². The Bertz CT molecular complexity index is 292. The Balaban J connectivity index is 0.00000256. The second-order valence-corrected chi connectivity index (χ2v) is 4.78. The van der Waals surface area contributed by atoms with Crippen molar-refractivity contribution in [3.63, 3.8) is 0 Å². The molecule has 0 saturated heterocycles. The maximum Gasteiger partial charge on any atom is 0.0587 e. The van der Waals surface area contributed by atoms with Crippen LogP contribution in [0, 0.1) is 0 Å². The van der Waals surface area contributed by atoms with Gasteiger partial charge in [0.1, 0.15) is 0 Å².